The van der Waals surface area contributed by atoms with E-state index in [0.717, 1.165) is 17.7 Å². The number of fused-ring (bicyclic) bond motifs is 1. The average molecular weight is 317 g/mol. The molecule has 23 heavy (non-hydrogen) atoms. The normalized spacial score (nSPS) is 19.7. The molecule has 1 aliphatic heterocycles. The molecule has 0 amide bonds. The van der Waals surface area contributed by atoms with E-state index in [1.54, 1.807) is 11.0 Å². The molecule has 1 heterocycles. The Balaban J connectivity index is 2.00. The number of unbranched alkanes of at least 4 members (excludes halogenated alkanes) is 1. The van der Waals surface area contributed by atoms with Crippen molar-refractivity contribution in [1.82, 2.24) is 0 Å². The van der Waals surface area contributed by atoms with E-state index in [4.69, 9.17) is 4.74 Å². The summed E-state index contributed by atoms with van der Waals surface area (Å²) >= 11 is 0. The van der Waals surface area contributed by atoms with E-state index < -0.39 is 12.2 Å². The van der Waals surface area contributed by atoms with E-state index >= 15 is 0 Å². The monoisotopic (exact) mass is 317 g/mol. The first-order valence-electron chi connectivity index (χ1n) is 8.05. The molecule has 0 spiro atoms. The highest BCUT2D eigenvalue weighted by Gasteiger charge is 2.52. The minimum atomic E-state index is -2.58. The highest BCUT2D eigenvalue weighted by atomic mass is 19.3. The maximum Gasteiger partial charge on any atom is 0.296 e. The lowest BCUT2D eigenvalue weighted by atomic mass is 10.0. The van der Waals surface area contributed by atoms with Gasteiger partial charge in [-0.2, -0.15) is 0 Å². The van der Waals surface area contributed by atoms with Crippen molar-refractivity contribution in [1.29, 1.82) is 0 Å². The van der Waals surface area contributed by atoms with Gasteiger partial charge in [0.25, 0.3) is 6.43 Å². The molecule has 2 nitrogen and oxygen atoms in total. The summed E-state index contributed by atoms with van der Waals surface area (Å²) in [5.74, 6) is 0.542. The van der Waals surface area contributed by atoms with Gasteiger partial charge in [-0.3, -0.25) is 0 Å². The summed E-state index contributed by atoms with van der Waals surface area (Å²) in [5.41, 5.74) is 0.164. The van der Waals surface area contributed by atoms with Gasteiger partial charge >= 0.3 is 0 Å². The van der Waals surface area contributed by atoms with Crippen molar-refractivity contribution in [3.05, 3.63) is 60.2 Å². The van der Waals surface area contributed by atoms with Crippen LogP contribution in [0.1, 0.15) is 31.7 Å². The highest BCUT2D eigenvalue weighted by molar-refractivity contribution is 5.64. The number of benzene rings is 2. The second-order valence-corrected chi connectivity index (χ2v) is 5.89. The largest absolute Gasteiger partial charge is 0.460 e. The summed E-state index contributed by atoms with van der Waals surface area (Å²) in [4.78, 5) is 1.73. The third kappa shape index (κ3) is 2.90. The second-order valence-electron chi connectivity index (χ2n) is 5.89. The molecule has 3 rings (SSSR count). The van der Waals surface area contributed by atoms with Crippen molar-refractivity contribution >= 4 is 5.69 Å². The van der Waals surface area contributed by atoms with Crippen molar-refractivity contribution in [2.75, 3.05) is 4.90 Å². The molecule has 0 aromatic heterocycles. The number of rotatable bonds is 6. The van der Waals surface area contributed by atoms with Gasteiger partial charge in [-0.1, -0.05) is 55.8 Å². The number of hydrogen-bond donors (Lipinski definition) is 0. The Morgan fingerprint density at radius 1 is 1.04 bits per heavy atom. The van der Waals surface area contributed by atoms with Gasteiger partial charge in [0.1, 0.15) is 5.75 Å². The Bertz CT molecular complexity index is 647. The molecule has 0 fully saturated rings. The van der Waals surface area contributed by atoms with Gasteiger partial charge in [-0.25, -0.2) is 8.78 Å². The third-order valence-electron chi connectivity index (χ3n) is 4.31. The fraction of sp³-hybridized carbons (Fsp3) is 0.368. The van der Waals surface area contributed by atoms with Crippen LogP contribution in [0.3, 0.4) is 0 Å². The summed E-state index contributed by atoms with van der Waals surface area (Å²) in [5, 5.41) is 0. The van der Waals surface area contributed by atoms with Crippen LogP contribution in [0.2, 0.25) is 0 Å². The molecule has 0 radical (unpaired) electrons. The Kier molecular flexibility index (Phi) is 4.51. The zero-order chi connectivity index (χ0) is 16.3. The molecule has 2 aromatic carbocycles. The molecule has 0 N–H and O–H groups in total. The van der Waals surface area contributed by atoms with Gasteiger partial charge in [0.15, 0.2) is 0 Å². The lowest BCUT2D eigenvalue weighted by Gasteiger charge is -2.38. The maximum atomic E-state index is 14.1. The van der Waals surface area contributed by atoms with Crippen molar-refractivity contribution < 1.29 is 13.5 Å². The second kappa shape index (κ2) is 6.57. The van der Waals surface area contributed by atoms with Crippen molar-refractivity contribution in [2.45, 2.75) is 44.9 Å². The third-order valence-corrected chi connectivity index (χ3v) is 4.31. The van der Waals surface area contributed by atoms with Crippen LogP contribution in [-0.2, 0) is 6.54 Å². The Hall–Kier alpha value is -2.10. The summed E-state index contributed by atoms with van der Waals surface area (Å²) in [7, 11) is 0. The number of alkyl halides is 2. The van der Waals surface area contributed by atoms with E-state index in [2.05, 4.69) is 0 Å². The molecule has 2 aromatic rings. The predicted octanol–water partition coefficient (Wildman–Crippen LogP) is 5.24. The molecule has 0 saturated heterocycles. The van der Waals surface area contributed by atoms with Crippen LogP contribution in [-0.4, -0.2) is 12.2 Å². The quantitative estimate of drug-likeness (QED) is 0.722. The Morgan fingerprint density at radius 2 is 1.74 bits per heavy atom. The first-order chi connectivity index (χ1) is 11.2. The molecule has 0 aliphatic carbocycles. The molecule has 4 heteroatoms. The molecule has 1 atom stereocenters. The van der Waals surface area contributed by atoms with Gasteiger partial charge < -0.3 is 9.64 Å². The smallest absolute Gasteiger partial charge is 0.296 e. The van der Waals surface area contributed by atoms with E-state index in [-0.39, 0.29) is 0 Å². The molecule has 0 bridgehead atoms. The van der Waals surface area contributed by atoms with Crippen molar-refractivity contribution in [3.8, 4) is 5.75 Å². The summed E-state index contributed by atoms with van der Waals surface area (Å²) in [6.07, 6.45) is -0.718. The minimum absolute atomic E-state index is 0.308. The van der Waals surface area contributed by atoms with Gasteiger partial charge in [-0.15, -0.1) is 0 Å². The number of hydrogen-bond acceptors (Lipinski definition) is 2. The number of ether oxygens (including phenoxy) is 1. The lowest BCUT2D eigenvalue weighted by molar-refractivity contribution is -0.0730. The first kappa shape index (κ1) is 15.8. The summed E-state index contributed by atoms with van der Waals surface area (Å²) in [6, 6.07) is 17.0. The van der Waals surface area contributed by atoms with Crippen LogP contribution in [0.15, 0.2) is 54.6 Å². The van der Waals surface area contributed by atoms with Crippen molar-refractivity contribution in [3.63, 3.8) is 0 Å². The number of anilines is 1. The predicted molar refractivity (Wildman–Crippen MR) is 88.0 cm³/mol. The molecule has 0 unspecified atom stereocenters. The van der Waals surface area contributed by atoms with Crippen LogP contribution < -0.4 is 9.64 Å². The van der Waals surface area contributed by atoms with E-state index in [0.29, 0.717) is 25.1 Å². The molecular weight excluding hydrogens is 296 g/mol. The first-order valence-corrected chi connectivity index (χ1v) is 8.05. The van der Waals surface area contributed by atoms with Gasteiger partial charge in [0.05, 0.1) is 5.69 Å². The molecule has 1 aliphatic rings. The fourth-order valence-electron chi connectivity index (χ4n) is 3.09. The zero-order valence-corrected chi connectivity index (χ0v) is 13.2. The minimum Gasteiger partial charge on any atom is -0.460 e. The van der Waals surface area contributed by atoms with E-state index in [1.165, 1.54) is 0 Å². The van der Waals surface area contributed by atoms with E-state index in [1.807, 2.05) is 55.5 Å². The zero-order valence-electron chi connectivity index (χ0n) is 13.2. The molecule has 0 saturated carbocycles. The molecule has 122 valence electrons. The fourth-order valence-corrected chi connectivity index (χ4v) is 3.09. The lowest BCUT2D eigenvalue weighted by Crippen LogP contribution is -2.55. The SMILES string of the molecule is CCCC[C@]1(C(F)F)Oc2ccccc2N1Cc1ccccc1. The van der Waals surface area contributed by atoms with Gasteiger partial charge in [-0.05, 0) is 24.1 Å². The van der Waals surface area contributed by atoms with Crippen LogP contribution in [0.4, 0.5) is 14.5 Å². The van der Waals surface area contributed by atoms with Crippen LogP contribution in [0.25, 0.3) is 0 Å². The molecular formula is C19H21F2NO. The van der Waals surface area contributed by atoms with Crippen LogP contribution in [0.5, 0.6) is 5.75 Å². The van der Waals surface area contributed by atoms with Crippen molar-refractivity contribution in [2.24, 2.45) is 0 Å². The van der Waals surface area contributed by atoms with Crippen LogP contribution >= 0.6 is 0 Å². The topological polar surface area (TPSA) is 12.5 Å². The Morgan fingerprint density at radius 3 is 2.43 bits per heavy atom. The van der Waals surface area contributed by atoms with Gasteiger partial charge in [0.2, 0.25) is 5.72 Å². The van der Waals surface area contributed by atoms with E-state index in [9.17, 15) is 8.78 Å². The summed E-state index contributed by atoms with van der Waals surface area (Å²) in [6.45, 7) is 2.41. The maximum absolute atomic E-state index is 14.1. The average Bonchev–Trinajstić information content (AvgIpc) is 2.89. The number of nitrogens with zero attached hydrogens (tertiary/aromatic N) is 1. The highest BCUT2D eigenvalue weighted by Crippen LogP contribution is 2.47. The summed E-state index contributed by atoms with van der Waals surface area (Å²) < 4.78 is 34.0. The number of para-hydroxylation sites is 2. The van der Waals surface area contributed by atoms with Gasteiger partial charge in [0, 0.05) is 13.0 Å². The van der Waals surface area contributed by atoms with Crippen LogP contribution in [0, 0.1) is 0 Å². The number of halogens is 2. The Labute approximate surface area is 135 Å². The standard InChI is InChI=1S/C19H21F2NO/c1-2-3-13-19(18(20)21)22(14-15-9-5-4-6-10-15)16-11-7-8-12-17(16)23-19/h4-12,18H,2-3,13-14H2,1H3/t19-/m1/s1.